The van der Waals surface area contributed by atoms with E-state index in [1.54, 1.807) is 0 Å². The molecule has 5 aromatic carbocycles. The molecule has 1 unspecified atom stereocenters. The van der Waals surface area contributed by atoms with E-state index < -0.39 is 0 Å². The number of fused-ring (bicyclic) bond motifs is 8. The lowest BCUT2D eigenvalue weighted by Crippen LogP contribution is -2.12. The molecule has 0 aliphatic heterocycles. The quantitative estimate of drug-likeness (QED) is 0.180. The van der Waals surface area contributed by atoms with Crippen molar-refractivity contribution in [3.05, 3.63) is 192 Å². The fourth-order valence-electron chi connectivity index (χ4n) is 8.76. The Morgan fingerprint density at radius 3 is 2.13 bits per heavy atom. The van der Waals surface area contributed by atoms with E-state index in [2.05, 4.69) is 185 Å². The summed E-state index contributed by atoms with van der Waals surface area (Å²) in [6.45, 7) is 0. The second-order valence-corrected chi connectivity index (χ2v) is 14.5. The van der Waals surface area contributed by atoms with Crippen molar-refractivity contribution in [1.82, 2.24) is 19.1 Å². The van der Waals surface area contributed by atoms with Crippen molar-refractivity contribution in [2.75, 3.05) is 0 Å². The Hall–Kier alpha value is -6.78. The number of rotatable bonds is 5. The standard InChI is InChI=1S/C50H36N4/c1-4-14-33(15-5-1)34-24-26-36(27-25-34)44-32-43(35-16-6-2-7-17-35)51-50(52-44)54-45-23-13-12-22-41(45)48-46(54)29-28-40-42-30-37-18-10-11-19-38(37)31-47(42)53(49(40)48)39-20-8-3-9-21-39/h2-4,6-29,31-32,37H,1,5,30H2. The first-order valence-electron chi connectivity index (χ1n) is 18.9. The molecule has 3 aromatic heterocycles. The molecule has 0 N–H and O–H groups in total. The molecule has 4 heteroatoms. The molecule has 54 heavy (non-hydrogen) atoms. The molecule has 0 amide bonds. The third-order valence-electron chi connectivity index (χ3n) is 11.3. The molecule has 3 aliphatic rings. The Balaban J connectivity index is 1.18. The Morgan fingerprint density at radius 1 is 0.593 bits per heavy atom. The van der Waals surface area contributed by atoms with Gasteiger partial charge in [-0.1, -0.05) is 140 Å². The van der Waals surface area contributed by atoms with Crippen molar-refractivity contribution in [3.63, 3.8) is 0 Å². The zero-order chi connectivity index (χ0) is 35.6. The highest BCUT2D eigenvalue weighted by molar-refractivity contribution is 6.21. The fraction of sp³-hybridized carbons (Fsp3) is 0.0800. The first kappa shape index (κ1) is 30.8. The monoisotopic (exact) mass is 692 g/mol. The molecule has 1 atom stereocenters. The van der Waals surface area contributed by atoms with Gasteiger partial charge in [0.25, 0.3) is 0 Å². The van der Waals surface area contributed by atoms with Crippen molar-refractivity contribution in [2.24, 2.45) is 5.92 Å². The van der Waals surface area contributed by atoms with Crippen LogP contribution >= 0.6 is 0 Å². The Labute approximate surface area is 314 Å². The first-order chi connectivity index (χ1) is 26.8. The van der Waals surface area contributed by atoms with Crippen LogP contribution in [0.1, 0.15) is 29.7 Å². The number of aromatic nitrogens is 4. The van der Waals surface area contributed by atoms with Crippen molar-refractivity contribution in [2.45, 2.75) is 19.3 Å². The molecule has 0 fully saturated rings. The lowest BCUT2D eigenvalue weighted by molar-refractivity contribution is 0.758. The highest BCUT2D eigenvalue weighted by atomic mass is 15.2. The van der Waals surface area contributed by atoms with Crippen LogP contribution < -0.4 is 0 Å². The van der Waals surface area contributed by atoms with Gasteiger partial charge in [-0.05, 0) is 77.9 Å². The number of benzene rings is 5. The molecule has 0 spiro atoms. The third kappa shape index (κ3) is 4.91. The van der Waals surface area contributed by atoms with Gasteiger partial charge >= 0.3 is 0 Å². The van der Waals surface area contributed by atoms with Crippen LogP contribution in [-0.4, -0.2) is 19.1 Å². The van der Waals surface area contributed by atoms with E-state index in [-0.39, 0.29) is 0 Å². The maximum absolute atomic E-state index is 5.38. The van der Waals surface area contributed by atoms with Gasteiger partial charge in [0.05, 0.1) is 33.6 Å². The van der Waals surface area contributed by atoms with Crippen LogP contribution in [0.2, 0.25) is 0 Å². The van der Waals surface area contributed by atoms with Crippen LogP contribution in [0.3, 0.4) is 0 Å². The van der Waals surface area contributed by atoms with Gasteiger partial charge in [-0.3, -0.25) is 4.57 Å². The normalized spacial score (nSPS) is 16.1. The summed E-state index contributed by atoms with van der Waals surface area (Å²) in [4.78, 5) is 10.7. The highest BCUT2D eigenvalue weighted by Gasteiger charge is 2.29. The predicted octanol–water partition coefficient (Wildman–Crippen LogP) is 12.3. The fourth-order valence-corrected chi connectivity index (χ4v) is 8.76. The molecular formula is C50H36N4. The zero-order valence-electron chi connectivity index (χ0n) is 29.7. The zero-order valence-corrected chi connectivity index (χ0v) is 29.7. The number of hydrogen-bond acceptors (Lipinski definition) is 2. The molecule has 4 nitrogen and oxygen atoms in total. The van der Waals surface area contributed by atoms with E-state index in [9.17, 15) is 0 Å². The second kappa shape index (κ2) is 12.4. The van der Waals surface area contributed by atoms with Crippen LogP contribution in [-0.2, 0) is 6.42 Å². The molecule has 0 radical (unpaired) electrons. The van der Waals surface area contributed by atoms with Gasteiger partial charge in [0, 0.05) is 38.9 Å². The summed E-state index contributed by atoms with van der Waals surface area (Å²) in [6.07, 6.45) is 21.4. The second-order valence-electron chi connectivity index (χ2n) is 14.5. The minimum absolute atomic E-state index is 0.381. The van der Waals surface area contributed by atoms with Gasteiger partial charge in [0.1, 0.15) is 0 Å². The molecule has 0 saturated heterocycles. The third-order valence-corrected chi connectivity index (χ3v) is 11.3. The Bertz CT molecular complexity index is 2930. The molecule has 11 rings (SSSR count). The molecular weight excluding hydrogens is 657 g/mol. The van der Waals surface area contributed by atoms with Crippen molar-refractivity contribution < 1.29 is 0 Å². The lowest BCUT2D eigenvalue weighted by Gasteiger charge is -2.23. The minimum Gasteiger partial charge on any atom is -0.309 e. The Morgan fingerprint density at radius 2 is 1.33 bits per heavy atom. The summed E-state index contributed by atoms with van der Waals surface area (Å²) in [5.41, 5.74) is 15.0. The van der Waals surface area contributed by atoms with Crippen molar-refractivity contribution in [3.8, 4) is 34.2 Å². The van der Waals surface area contributed by atoms with E-state index in [1.807, 2.05) is 0 Å². The lowest BCUT2D eigenvalue weighted by atomic mass is 9.83. The average molecular weight is 693 g/mol. The molecule has 3 aliphatic carbocycles. The average Bonchev–Trinajstić information content (AvgIpc) is 3.76. The van der Waals surface area contributed by atoms with Crippen LogP contribution in [0.25, 0.3) is 78.5 Å². The van der Waals surface area contributed by atoms with E-state index >= 15 is 0 Å². The first-order valence-corrected chi connectivity index (χ1v) is 18.9. The summed E-state index contributed by atoms with van der Waals surface area (Å²) < 4.78 is 4.77. The van der Waals surface area contributed by atoms with Crippen molar-refractivity contribution >= 4 is 44.4 Å². The molecule has 8 aromatic rings. The maximum Gasteiger partial charge on any atom is 0.235 e. The van der Waals surface area contributed by atoms with Gasteiger partial charge < -0.3 is 4.57 Å². The molecule has 3 heterocycles. The summed E-state index contributed by atoms with van der Waals surface area (Å²) in [6, 6.07) is 45.6. The molecule has 0 bridgehead atoms. The summed E-state index contributed by atoms with van der Waals surface area (Å²) in [5.74, 6) is 1.04. The van der Waals surface area contributed by atoms with Crippen LogP contribution in [0, 0.1) is 5.92 Å². The number of nitrogens with zero attached hydrogens (tertiary/aromatic N) is 4. The summed E-state index contributed by atoms with van der Waals surface area (Å²) in [5, 5.41) is 3.69. The van der Waals surface area contributed by atoms with Gasteiger partial charge in [-0.25, -0.2) is 9.97 Å². The Kier molecular flexibility index (Phi) is 7.09. The van der Waals surface area contributed by atoms with E-state index in [0.29, 0.717) is 11.9 Å². The van der Waals surface area contributed by atoms with Gasteiger partial charge in [-0.2, -0.15) is 0 Å². The van der Waals surface area contributed by atoms with Gasteiger partial charge in [0.2, 0.25) is 5.95 Å². The smallest absolute Gasteiger partial charge is 0.235 e. The van der Waals surface area contributed by atoms with Crippen LogP contribution in [0.15, 0.2) is 175 Å². The SMILES string of the molecule is C1=CC2=Cc3c(c4ccc5c(c6ccccc6n5-c5nc(-c6ccccc6)cc(-c6ccc(C7=CCCC=C7)cc6)n5)c4n3-c3ccccc3)CC2C=C1. The highest BCUT2D eigenvalue weighted by Crippen LogP contribution is 2.45. The largest absolute Gasteiger partial charge is 0.309 e. The topological polar surface area (TPSA) is 35.6 Å². The minimum atomic E-state index is 0.381. The summed E-state index contributed by atoms with van der Waals surface area (Å²) >= 11 is 0. The molecule has 256 valence electrons. The maximum atomic E-state index is 5.38. The van der Waals surface area contributed by atoms with Gasteiger partial charge in [-0.15, -0.1) is 0 Å². The predicted molar refractivity (Wildman–Crippen MR) is 224 cm³/mol. The van der Waals surface area contributed by atoms with E-state index in [1.165, 1.54) is 49.6 Å². The van der Waals surface area contributed by atoms with Gasteiger partial charge in [0.15, 0.2) is 0 Å². The number of hydrogen-bond donors (Lipinski definition) is 0. The summed E-state index contributed by atoms with van der Waals surface area (Å²) in [7, 11) is 0. The van der Waals surface area contributed by atoms with E-state index in [4.69, 9.17) is 9.97 Å². The van der Waals surface area contributed by atoms with Crippen LogP contribution in [0.4, 0.5) is 0 Å². The number of para-hydroxylation sites is 2. The number of allylic oxidation sites excluding steroid dienone is 9. The van der Waals surface area contributed by atoms with Crippen molar-refractivity contribution in [1.29, 1.82) is 0 Å². The molecule has 0 saturated carbocycles. The van der Waals surface area contributed by atoms with E-state index in [0.717, 1.165) is 58.5 Å². The van der Waals surface area contributed by atoms with Crippen LogP contribution in [0.5, 0.6) is 0 Å².